The van der Waals surface area contributed by atoms with Crippen LogP contribution in [-0.4, -0.2) is 43.4 Å². The normalized spacial score (nSPS) is 17.4. The van der Waals surface area contributed by atoms with Crippen LogP contribution in [0.1, 0.15) is 33.1 Å². The molecular formula is C19H31IN4O. The Hall–Kier alpha value is -1.31. The van der Waals surface area contributed by atoms with E-state index < -0.39 is 0 Å². The maximum absolute atomic E-state index is 12.1. The van der Waals surface area contributed by atoms with Crippen LogP contribution in [0.5, 0.6) is 0 Å². The molecule has 25 heavy (non-hydrogen) atoms. The third-order valence-electron chi connectivity index (χ3n) is 4.92. The second kappa shape index (κ2) is 11.3. The SMILES string of the molecule is CCC(CC)C1CCN(C(=NC)NCC(=O)Nc2ccccc2)C1.I. The van der Waals surface area contributed by atoms with Crippen LogP contribution in [0.3, 0.4) is 0 Å². The molecule has 1 unspecified atom stereocenters. The number of hydrogen-bond donors (Lipinski definition) is 2. The molecular weight excluding hydrogens is 427 g/mol. The fourth-order valence-corrected chi connectivity index (χ4v) is 3.54. The minimum absolute atomic E-state index is 0. The fraction of sp³-hybridized carbons (Fsp3) is 0.579. The van der Waals surface area contributed by atoms with Gasteiger partial charge in [-0.3, -0.25) is 9.79 Å². The van der Waals surface area contributed by atoms with Gasteiger partial charge >= 0.3 is 0 Å². The first kappa shape index (κ1) is 21.7. The molecule has 1 atom stereocenters. The molecule has 0 radical (unpaired) electrons. The Labute approximate surface area is 168 Å². The lowest BCUT2D eigenvalue weighted by molar-refractivity contribution is -0.115. The third kappa shape index (κ3) is 6.49. The van der Waals surface area contributed by atoms with Gasteiger partial charge < -0.3 is 15.5 Å². The maximum atomic E-state index is 12.1. The lowest BCUT2D eigenvalue weighted by atomic mass is 9.87. The second-order valence-corrected chi connectivity index (χ2v) is 6.39. The van der Waals surface area contributed by atoms with E-state index >= 15 is 0 Å². The maximum Gasteiger partial charge on any atom is 0.243 e. The molecule has 1 aliphatic heterocycles. The van der Waals surface area contributed by atoms with Crippen LogP contribution in [0.25, 0.3) is 0 Å². The van der Waals surface area contributed by atoms with E-state index in [4.69, 9.17) is 0 Å². The summed E-state index contributed by atoms with van der Waals surface area (Å²) in [7, 11) is 1.78. The van der Waals surface area contributed by atoms with E-state index in [1.54, 1.807) is 7.05 Å². The van der Waals surface area contributed by atoms with Crippen molar-refractivity contribution in [2.75, 3.05) is 32.0 Å². The molecule has 2 N–H and O–H groups in total. The summed E-state index contributed by atoms with van der Waals surface area (Å²) in [4.78, 5) is 18.7. The molecule has 6 heteroatoms. The Morgan fingerprint density at radius 3 is 2.56 bits per heavy atom. The average molecular weight is 458 g/mol. The van der Waals surface area contributed by atoms with Crippen molar-refractivity contribution in [2.24, 2.45) is 16.8 Å². The quantitative estimate of drug-likeness (QED) is 0.389. The van der Waals surface area contributed by atoms with Gasteiger partial charge in [0.05, 0.1) is 6.54 Å². The molecule has 1 aromatic carbocycles. The van der Waals surface area contributed by atoms with Gasteiger partial charge in [-0.05, 0) is 30.4 Å². The standard InChI is InChI=1S/C19H30N4O.HI/c1-4-15(5-2)16-11-12-23(14-16)19(20-3)21-13-18(24)22-17-9-7-6-8-10-17;/h6-10,15-16H,4-5,11-14H2,1-3H3,(H,20,21)(H,22,24);1H. The van der Waals surface area contributed by atoms with E-state index in [-0.39, 0.29) is 36.4 Å². The summed E-state index contributed by atoms with van der Waals surface area (Å²) in [6.07, 6.45) is 3.68. The third-order valence-corrected chi connectivity index (χ3v) is 4.92. The average Bonchev–Trinajstić information content (AvgIpc) is 3.07. The molecule has 1 amide bonds. The zero-order chi connectivity index (χ0) is 17.4. The highest BCUT2D eigenvalue weighted by molar-refractivity contribution is 14.0. The van der Waals surface area contributed by atoms with Crippen LogP contribution in [0.4, 0.5) is 5.69 Å². The number of guanidine groups is 1. The first-order chi connectivity index (χ1) is 11.7. The largest absolute Gasteiger partial charge is 0.347 e. The topological polar surface area (TPSA) is 56.7 Å². The molecule has 1 aromatic rings. The molecule has 0 aliphatic carbocycles. The molecule has 140 valence electrons. The van der Waals surface area contributed by atoms with Gasteiger partial charge in [0.1, 0.15) is 0 Å². The van der Waals surface area contributed by atoms with Crippen molar-refractivity contribution in [2.45, 2.75) is 33.1 Å². The Morgan fingerprint density at radius 1 is 1.28 bits per heavy atom. The van der Waals surface area contributed by atoms with Crippen LogP contribution in [0, 0.1) is 11.8 Å². The van der Waals surface area contributed by atoms with Gasteiger partial charge in [0.25, 0.3) is 0 Å². The molecule has 1 aliphatic rings. The van der Waals surface area contributed by atoms with Gasteiger partial charge in [-0.15, -0.1) is 24.0 Å². The Bertz CT molecular complexity index is 546. The first-order valence-electron chi connectivity index (χ1n) is 8.98. The highest BCUT2D eigenvalue weighted by atomic mass is 127. The van der Waals surface area contributed by atoms with E-state index in [9.17, 15) is 4.79 Å². The molecule has 1 heterocycles. The summed E-state index contributed by atoms with van der Waals surface area (Å²) in [6, 6.07) is 9.51. The number of anilines is 1. The number of nitrogens with one attached hydrogen (secondary N) is 2. The van der Waals surface area contributed by atoms with Crippen molar-refractivity contribution < 1.29 is 4.79 Å². The van der Waals surface area contributed by atoms with E-state index in [1.807, 2.05) is 30.3 Å². The number of carbonyl (C=O) groups excluding carboxylic acids is 1. The van der Waals surface area contributed by atoms with Crippen molar-refractivity contribution >= 4 is 41.5 Å². The van der Waals surface area contributed by atoms with Crippen LogP contribution in [0.15, 0.2) is 35.3 Å². The van der Waals surface area contributed by atoms with Gasteiger partial charge in [-0.2, -0.15) is 0 Å². The lowest BCUT2D eigenvalue weighted by Gasteiger charge is -2.24. The molecule has 0 aromatic heterocycles. The van der Waals surface area contributed by atoms with E-state index in [0.29, 0.717) is 0 Å². The smallest absolute Gasteiger partial charge is 0.243 e. The van der Waals surface area contributed by atoms with E-state index in [1.165, 1.54) is 19.3 Å². The van der Waals surface area contributed by atoms with E-state index in [0.717, 1.165) is 36.6 Å². The number of amides is 1. The van der Waals surface area contributed by atoms with Crippen LogP contribution >= 0.6 is 24.0 Å². The predicted molar refractivity (Wildman–Crippen MR) is 116 cm³/mol. The number of nitrogens with zero attached hydrogens (tertiary/aromatic N) is 2. The van der Waals surface area contributed by atoms with Crippen LogP contribution < -0.4 is 10.6 Å². The van der Waals surface area contributed by atoms with Gasteiger partial charge in [-0.1, -0.05) is 44.9 Å². The van der Waals surface area contributed by atoms with Gasteiger partial charge in [0.2, 0.25) is 5.91 Å². The summed E-state index contributed by atoms with van der Waals surface area (Å²) < 4.78 is 0. The molecule has 0 bridgehead atoms. The highest BCUT2D eigenvalue weighted by Gasteiger charge is 2.29. The summed E-state index contributed by atoms with van der Waals surface area (Å²) in [5.74, 6) is 2.29. The molecule has 0 saturated carbocycles. The van der Waals surface area contributed by atoms with Gasteiger partial charge in [0, 0.05) is 25.8 Å². The van der Waals surface area contributed by atoms with Crippen molar-refractivity contribution in [1.29, 1.82) is 0 Å². The number of likely N-dealkylation sites (tertiary alicyclic amines) is 1. The van der Waals surface area contributed by atoms with Crippen molar-refractivity contribution in [3.05, 3.63) is 30.3 Å². The molecule has 2 rings (SSSR count). The zero-order valence-corrected chi connectivity index (χ0v) is 17.8. The second-order valence-electron chi connectivity index (χ2n) is 6.39. The number of halogens is 1. The minimum Gasteiger partial charge on any atom is -0.347 e. The molecule has 1 fully saturated rings. The van der Waals surface area contributed by atoms with Crippen LogP contribution in [0.2, 0.25) is 0 Å². The minimum atomic E-state index is -0.0573. The van der Waals surface area contributed by atoms with Crippen molar-refractivity contribution in [1.82, 2.24) is 10.2 Å². The Kier molecular flexibility index (Phi) is 9.85. The van der Waals surface area contributed by atoms with Gasteiger partial charge in [-0.25, -0.2) is 0 Å². The van der Waals surface area contributed by atoms with Crippen LogP contribution in [-0.2, 0) is 4.79 Å². The van der Waals surface area contributed by atoms with Crippen molar-refractivity contribution in [3.63, 3.8) is 0 Å². The van der Waals surface area contributed by atoms with Gasteiger partial charge in [0.15, 0.2) is 5.96 Å². The molecule has 1 saturated heterocycles. The zero-order valence-electron chi connectivity index (χ0n) is 15.5. The number of carbonyl (C=O) groups is 1. The summed E-state index contributed by atoms with van der Waals surface area (Å²) in [5.41, 5.74) is 0.814. The predicted octanol–water partition coefficient (Wildman–Crippen LogP) is 3.58. The monoisotopic (exact) mass is 458 g/mol. The Balaban J connectivity index is 0.00000312. The van der Waals surface area contributed by atoms with E-state index in [2.05, 4.69) is 34.4 Å². The molecule has 5 nitrogen and oxygen atoms in total. The summed E-state index contributed by atoms with van der Waals surface area (Å²) in [5, 5.41) is 6.07. The lowest BCUT2D eigenvalue weighted by Crippen LogP contribution is -2.43. The molecule has 0 spiro atoms. The fourth-order valence-electron chi connectivity index (χ4n) is 3.54. The number of aliphatic imine (C=N–C) groups is 1. The summed E-state index contributed by atoms with van der Waals surface area (Å²) >= 11 is 0. The number of para-hydroxylation sites is 1. The van der Waals surface area contributed by atoms with Crippen molar-refractivity contribution in [3.8, 4) is 0 Å². The number of benzene rings is 1. The summed E-state index contributed by atoms with van der Waals surface area (Å²) in [6.45, 7) is 6.83. The Morgan fingerprint density at radius 2 is 1.96 bits per heavy atom. The highest BCUT2D eigenvalue weighted by Crippen LogP contribution is 2.28. The number of rotatable bonds is 6. The number of hydrogen-bond acceptors (Lipinski definition) is 2. The first-order valence-corrected chi connectivity index (χ1v) is 8.98.